The number of aliphatic imine (C=N–C) groups is 1. The topological polar surface area (TPSA) is 45.7 Å². The monoisotopic (exact) mass is 255 g/mol. The molecule has 1 aliphatic rings. The van der Waals surface area contributed by atoms with E-state index in [0.29, 0.717) is 6.04 Å². The molecule has 1 atom stereocenters. The van der Waals surface area contributed by atoms with Crippen LogP contribution in [0.1, 0.15) is 46.5 Å². The van der Waals surface area contributed by atoms with E-state index >= 15 is 0 Å². The average Bonchev–Trinajstić information content (AvgIpc) is 2.79. The fraction of sp³-hybridized carbons (Fsp3) is 0.929. The number of guanidine groups is 1. The molecule has 0 aromatic carbocycles. The van der Waals surface area contributed by atoms with Crippen molar-refractivity contribution in [1.29, 1.82) is 0 Å². The number of ether oxygens (including phenoxy) is 1. The lowest BCUT2D eigenvalue weighted by atomic mass is 9.89. The Hall–Kier alpha value is -0.770. The second-order valence-electron chi connectivity index (χ2n) is 6.17. The van der Waals surface area contributed by atoms with Gasteiger partial charge in [-0.1, -0.05) is 33.6 Å². The summed E-state index contributed by atoms with van der Waals surface area (Å²) >= 11 is 0. The average molecular weight is 255 g/mol. The van der Waals surface area contributed by atoms with Crippen molar-refractivity contribution in [3.05, 3.63) is 0 Å². The molecule has 1 unspecified atom stereocenters. The molecular weight excluding hydrogens is 226 g/mol. The zero-order chi connectivity index (χ0) is 13.6. The lowest BCUT2D eigenvalue weighted by Crippen LogP contribution is -2.47. The number of nitrogens with one attached hydrogen (secondary N) is 2. The van der Waals surface area contributed by atoms with Crippen molar-refractivity contribution in [2.75, 3.05) is 20.7 Å². The molecule has 1 aliphatic carbocycles. The molecule has 0 amide bonds. The maximum absolute atomic E-state index is 5.53. The molecule has 0 heterocycles. The number of nitrogens with zero attached hydrogens (tertiary/aromatic N) is 1. The van der Waals surface area contributed by atoms with Crippen LogP contribution in [0.15, 0.2) is 4.99 Å². The first-order valence-corrected chi connectivity index (χ1v) is 6.97. The van der Waals surface area contributed by atoms with Gasteiger partial charge in [0.25, 0.3) is 0 Å². The predicted molar refractivity (Wildman–Crippen MR) is 77.0 cm³/mol. The lowest BCUT2D eigenvalue weighted by molar-refractivity contribution is 0.0205. The van der Waals surface area contributed by atoms with E-state index in [9.17, 15) is 0 Å². The fourth-order valence-corrected chi connectivity index (χ4v) is 2.39. The van der Waals surface area contributed by atoms with Crippen LogP contribution in [0.2, 0.25) is 0 Å². The molecule has 0 spiro atoms. The quantitative estimate of drug-likeness (QED) is 0.598. The van der Waals surface area contributed by atoms with E-state index in [1.807, 2.05) is 7.05 Å². The van der Waals surface area contributed by atoms with Gasteiger partial charge in [-0.15, -0.1) is 0 Å². The molecule has 0 saturated heterocycles. The van der Waals surface area contributed by atoms with Crippen LogP contribution in [0.25, 0.3) is 0 Å². The molecule has 1 fully saturated rings. The first-order chi connectivity index (χ1) is 8.47. The second-order valence-corrected chi connectivity index (χ2v) is 6.17. The van der Waals surface area contributed by atoms with Crippen LogP contribution < -0.4 is 10.6 Å². The van der Waals surface area contributed by atoms with E-state index in [1.165, 1.54) is 25.7 Å². The molecule has 4 nitrogen and oxygen atoms in total. The second kappa shape index (κ2) is 6.98. The van der Waals surface area contributed by atoms with Crippen molar-refractivity contribution in [2.45, 2.75) is 58.6 Å². The summed E-state index contributed by atoms with van der Waals surface area (Å²) < 4.78 is 5.53. The molecule has 1 saturated carbocycles. The molecule has 0 aromatic heterocycles. The number of methoxy groups -OCH3 is 1. The van der Waals surface area contributed by atoms with Gasteiger partial charge in [-0.25, -0.2) is 0 Å². The summed E-state index contributed by atoms with van der Waals surface area (Å²) in [6.07, 6.45) is 5.36. The van der Waals surface area contributed by atoms with Gasteiger partial charge in [0, 0.05) is 26.7 Å². The van der Waals surface area contributed by atoms with Crippen LogP contribution in [-0.4, -0.2) is 38.8 Å². The first kappa shape index (κ1) is 15.3. The van der Waals surface area contributed by atoms with Gasteiger partial charge in [0.15, 0.2) is 5.96 Å². The minimum atomic E-state index is 0.133. The molecule has 2 N–H and O–H groups in total. The van der Waals surface area contributed by atoms with Crippen molar-refractivity contribution in [3.63, 3.8) is 0 Å². The highest BCUT2D eigenvalue weighted by Gasteiger charge is 2.24. The van der Waals surface area contributed by atoms with Gasteiger partial charge in [0.1, 0.15) is 0 Å². The van der Waals surface area contributed by atoms with Crippen molar-refractivity contribution in [3.8, 4) is 0 Å². The summed E-state index contributed by atoms with van der Waals surface area (Å²) in [4.78, 5) is 4.28. The van der Waals surface area contributed by atoms with Gasteiger partial charge >= 0.3 is 0 Å². The summed E-state index contributed by atoms with van der Waals surface area (Å²) in [6.45, 7) is 7.36. The SMILES string of the molecule is CN=C(NCC(OC)C(C)(C)C)NC1CCCC1. The van der Waals surface area contributed by atoms with Gasteiger partial charge in [0.05, 0.1) is 6.10 Å². The van der Waals surface area contributed by atoms with E-state index in [0.717, 1.165) is 12.5 Å². The summed E-state index contributed by atoms with van der Waals surface area (Å²) in [5, 5.41) is 6.85. The van der Waals surface area contributed by atoms with E-state index in [2.05, 4.69) is 36.4 Å². The highest BCUT2D eigenvalue weighted by molar-refractivity contribution is 5.80. The zero-order valence-corrected chi connectivity index (χ0v) is 12.5. The lowest BCUT2D eigenvalue weighted by Gasteiger charge is -2.30. The molecule has 1 rings (SSSR count). The van der Waals surface area contributed by atoms with E-state index in [4.69, 9.17) is 4.74 Å². The zero-order valence-electron chi connectivity index (χ0n) is 12.5. The smallest absolute Gasteiger partial charge is 0.191 e. The Morgan fingerprint density at radius 3 is 2.39 bits per heavy atom. The Labute approximate surface area is 112 Å². The minimum Gasteiger partial charge on any atom is -0.379 e. The Morgan fingerprint density at radius 2 is 1.94 bits per heavy atom. The van der Waals surface area contributed by atoms with Crippen molar-refractivity contribution in [1.82, 2.24) is 10.6 Å². The molecule has 18 heavy (non-hydrogen) atoms. The van der Waals surface area contributed by atoms with Crippen LogP contribution in [-0.2, 0) is 4.74 Å². The Morgan fingerprint density at radius 1 is 1.33 bits per heavy atom. The van der Waals surface area contributed by atoms with Gasteiger partial charge in [-0.2, -0.15) is 0 Å². The normalized spacial score (nSPS) is 19.9. The number of hydrogen-bond acceptors (Lipinski definition) is 2. The molecule has 0 radical (unpaired) electrons. The maximum Gasteiger partial charge on any atom is 0.191 e. The third-order valence-corrected chi connectivity index (χ3v) is 3.62. The largest absolute Gasteiger partial charge is 0.379 e. The highest BCUT2D eigenvalue weighted by atomic mass is 16.5. The van der Waals surface area contributed by atoms with Gasteiger partial charge in [-0.3, -0.25) is 4.99 Å². The molecule has 0 bridgehead atoms. The van der Waals surface area contributed by atoms with Crippen LogP contribution in [0.4, 0.5) is 0 Å². The van der Waals surface area contributed by atoms with Gasteiger partial charge in [-0.05, 0) is 18.3 Å². The molecule has 106 valence electrons. The first-order valence-electron chi connectivity index (χ1n) is 6.97. The van der Waals surface area contributed by atoms with E-state index in [1.54, 1.807) is 7.11 Å². The predicted octanol–water partition coefficient (Wildman–Crippen LogP) is 2.16. The van der Waals surface area contributed by atoms with E-state index < -0.39 is 0 Å². The Balaban J connectivity index is 2.39. The molecule has 0 aliphatic heterocycles. The van der Waals surface area contributed by atoms with Crippen LogP contribution >= 0.6 is 0 Å². The summed E-state index contributed by atoms with van der Waals surface area (Å²) in [5.41, 5.74) is 0.133. The molecular formula is C14H29N3O. The van der Waals surface area contributed by atoms with E-state index in [-0.39, 0.29) is 11.5 Å². The number of hydrogen-bond donors (Lipinski definition) is 2. The Kier molecular flexibility index (Phi) is 5.93. The maximum atomic E-state index is 5.53. The minimum absolute atomic E-state index is 0.133. The third kappa shape index (κ3) is 4.84. The Bertz CT molecular complexity index is 265. The molecule has 0 aromatic rings. The summed E-state index contributed by atoms with van der Waals surface area (Å²) in [6, 6.07) is 0.590. The highest BCUT2D eigenvalue weighted by Crippen LogP contribution is 2.21. The van der Waals surface area contributed by atoms with Crippen molar-refractivity contribution < 1.29 is 4.74 Å². The van der Waals surface area contributed by atoms with Gasteiger partial charge in [0.2, 0.25) is 0 Å². The third-order valence-electron chi connectivity index (χ3n) is 3.62. The van der Waals surface area contributed by atoms with Gasteiger partial charge < -0.3 is 15.4 Å². The number of rotatable bonds is 4. The summed E-state index contributed by atoms with van der Waals surface area (Å²) in [5.74, 6) is 0.896. The summed E-state index contributed by atoms with van der Waals surface area (Å²) in [7, 11) is 3.59. The van der Waals surface area contributed by atoms with Crippen LogP contribution in [0, 0.1) is 5.41 Å². The van der Waals surface area contributed by atoms with Crippen LogP contribution in [0.3, 0.4) is 0 Å². The van der Waals surface area contributed by atoms with Crippen LogP contribution in [0.5, 0.6) is 0 Å². The fourth-order valence-electron chi connectivity index (χ4n) is 2.39. The standard InChI is InChI=1S/C14H29N3O/c1-14(2,3)12(18-5)10-16-13(15-4)17-11-8-6-7-9-11/h11-12H,6-10H2,1-5H3,(H2,15,16,17). The van der Waals surface area contributed by atoms with Crippen molar-refractivity contribution in [2.24, 2.45) is 10.4 Å². The van der Waals surface area contributed by atoms with Crippen molar-refractivity contribution >= 4 is 5.96 Å². The molecule has 4 heteroatoms.